The second kappa shape index (κ2) is 5.73. The van der Waals surface area contributed by atoms with Crippen LogP contribution in [0.25, 0.3) is 0 Å². The molecule has 3 heterocycles. The summed E-state index contributed by atoms with van der Waals surface area (Å²) < 4.78 is 5.39. The zero-order valence-corrected chi connectivity index (χ0v) is 15.1. The molecule has 1 aromatic carbocycles. The maximum atomic E-state index is 12.5. The van der Waals surface area contributed by atoms with Crippen molar-refractivity contribution in [3.8, 4) is 0 Å². The zero-order valence-electron chi connectivity index (χ0n) is 15.1. The van der Waals surface area contributed by atoms with Crippen molar-refractivity contribution in [1.29, 1.82) is 0 Å². The summed E-state index contributed by atoms with van der Waals surface area (Å²) in [7, 11) is 0. The van der Waals surface area contributed by atoms with Crippen LogP contribution >= 0.6 is 0 Å². The number of benzene rings is 1. The van der Waals surface area contributed by atoms with E-state index in [0.717, 1.165) is 43.9 Å². The molecule has 0 aromatic heterocycles. The highest BCUT2D eigenvalue weighted by Gasteiger charge is 2.45. The minimum absolute atomic E-state index is 0.157. The molecule has 0 atom stereocenters. The Balaban J connectivity index is 1.25. The fourth-order valence-corrected chi connectivity index (χ4v) is 3.72. The predicted molar refractivity (Wildman–Crippen MR) is 93.3 cm³/mol. The van der Waals surface area contributed by atoms with Gasteiger partial charge in [-0.2, -0.15) is 0 Å². The first-order valence-electron chi connectivity index (χ1n) is 8.93. The Morgan fingerprint density at radius 3 is 2.40 bits per heavy atom. The van der Waals surface area contributed by atoms with Gasteiger partial charge in [-0.25, -0.2) is 4.79 Å². The second-order valence-electron chi connectivity index (χ2n) is 8.24. The van der Waals surface area contributed by atoms with Gasteiger partial charge in [0.15, 0.2) is 0 Å². The van der Waals surface area contributed by atoms with Crippen molar-refractivity contribution in [2.45, 2.75) is 45.0 Å². The zero-order chi connectivity index (χ0) is 17.8. The number of rotatable bonds is 2. The topological polar surface area (TPSA) is 53.1 Å². The van der Waals surface area contributed by atoms with Gasteiger partial charge in [0, 0.05) is 44.3 Å². The molecule has 1 aromatic rings. The van der Waals surface area contributed by atoms with Gasteiger partial charge in [-0.05, 0) is 32.4 Å². The molecule has 6 heteroatoms. The van der Waals surface area contributed by atoms with Crippen LogP contribution in [0.5, 0.6) is 0 Å². The molecule has 134 valence electrons. The number of carbonyl (C=O) groups is 2. The van der Waals surface area contributed by atoms with Gasteiger partial charge >= 0.3 is 6.09 Å². The lowest BCUT2D eigenvalue weighted by atomic mass is 9.99. The lowest BCUT2D eigenvalue weighted by Gasteiger charge is -2.53. The third-order valence-corrected chi connectivity index (χ3v) is 5.21. The fraction of sp³-hybridized carbons (Fsp3) is 0.579. The van der Waals surface area contributed by atoms with E-state index in [4.69, 9.17) is 4.74 Å². The van der Waals surface area contributed by atoms with Gasteiger partial charge in [0.05, 0.1) is 6.04 Å². The van der Waals surface area contributed by atoms with Crippen molar-refractivity contribution in [1.82, 2.24) is 14.7 Å². The van der Waals surface area contributed by atoms with Gasteiger partial charge < -0.3 is 14.5 Å². The van der Waals surface area contributed by atoms with E-state index in [1.54, 1.807) is 4.90 Å². The minimum Gasteiger partial charge on any atom is -0.444 e. The van der Waals surface area contributed by atoms with Crippen LogP contribution in [-0.4, -0.2) is 70.6 Å². The maximum Gasteiger partial charge on any atom is 0.410 e. The van der Waals surface area contributed by atoms with Gasteiger partial charge in [-0.15, -0.1) is 0 Å². The molecule has 0 spiro atoms. The van der Waals surface area contributed by atoms with Crippen molar-refractivity contribution < 1.29 is 14.3 Å². The van der Waals surface area contributed by atoms with Crippen LogP contribution < -0.4 is 0 Å². The molecular weight excluding hydrogens is 318 g/mol. The van der Waals surface area contributed by atoms with Gasteiger partial charge in [-0.1, -0.05) is 18.2 Å². The Kier molecular flexibility index (Phi) is 3.76. The molecule has 2 fully saturated rings. The van der Waals surface area contributed by atoms with E-state index in [-0.39, 0.29) is 18.0 Å². The molecular formula is C19H25N3O3. The van der Waals surface area contributed by atoms with Gasteiger partial charge in [0.1, 0.15) is 5.60 Å². The predicted octanol–water partition coefficient (Wildman–Crippen LogP) is 1.95. The van der Waals surface area contributed by atoms with Crippen molar-refractivity contribution >= 4 is 12.0 Å². The molecule has 25 heavy (non-hydrogen) atoms. The third kappa shape index (κ3) is 2.99. The molecule has 3 aliphatic rings. The van der Waals surface area contributed by atoms with Crippen molar-refractivity contribution in [3.05, 3.63) is 35.4 Å². The summed E-state index contributed by atoms with van der Waals surface area (Å²) in [6.45, 7) is 9.60. The number of ether oxygens (including phenoxy) is 1. The van der Waals surface area contributed by atoms with E-state index in [2.05, 4.69) is 4.90 Å². The number of amides is 2. The fourth-order valence-electron chi connectivity index (χ4n) is 3.72. The summed E-state index contributed by atoms with van der Waals surface area (Å²) in [5.41, 5.74) is 1.53. The summed E-state index contributed by atoms with van der Waals surface area (Å²) in [6, 6.07) is 8.54. The summed E-state index contributed by atoms with van der Waals surface area (Å²) in [5, 5.41) is 0. The van der Waals surface area contributed by atoms with Gasteiger partial charge in [0.2, 0.25) is 0 Å². The van der Waals surface area contributed by atoms with Crippen LogP contribution in [0.2, 0.25) is 0 Å². The average Bonchev–Trinajstić information content (AvgIpc) is 2.75. The van der Waals surface area contributed by atoms with Crippen LogP contribution in [0.1, 0.15) is 36.7 Å². The molecule has 6 nitrogen and oxygen atoms in total. The lowest BCUT2D eigenvalue weighted by Crippen LogP contribution is -2.70. The molecule has 2 saturated heterocycles. The average molecular weight is 343 g/mol. The monoisotopic (exact) mass is 343 g/mol. The standard InChI is InChI=1S/C19H25N3O3/c1-19(2,3)25-18(24)21-9-14(10-21)20-11-15(12-20)22-8-13-6-4-5-7-16(13)17(22)23/h4-7,14-15H,8-12H2,1-3H3. The van der Waals surface area contributed by atoms with Crippen LogP contribution in [0.4, 0.5) is 4.79 Å². The van der Waals surface area contributed by atoms with Crippen molar-refractivity contribution in [2.75, 3.05) is 26.2 Å². The van der Waals surface area contributed by atoms with Crippen LogP contribution in [0, 0.1) is 0 Å². The van der Waals surface area contributed by atoms with Gasteiger partial charge in [-0.3, -0.25) is 9.69 Å². The lowest BCUT2D eigenvalue weighted by molar-refractivity contribution is -0.0526. The summed E-state index contributed by atoms with van der Waals surface area (Å²) in [4.78, 5) is 30.6. The Bertz CT molecular complexity index is 700. The van der Waals surface area contributed by atoms with Crippen LogP contribution in [0.3, 0.4) is 0 Å². The highest BCUT2D eigenvalue weighted by Crippen LogP contribution is 2.30. The number of hydrogen-bond acceptors (Lipinski definition) is 4. The third-order valence-electron chi connectivity index (χ3n) is 5.21. The quantitative estimate of drug-likeness (QED) is 0.824. The van der Waals surface area contributed by atoms with E-state index >= 15 is 0 Å². The SMILES string of the molecule is CC(C)(C)OC(=O)N1CC(N2CC(N3Cc4ccccc4C3=O)C2)C1. The molecule has 0 N–H and O–H groups in total. The second-order valence-corrected chi connectivity index (χ2v) is 8.24. The number of hydrogen-bond donors (Lipinski definition) is 0. The van der Waals surface area contributed by atoms with Crippen LogP contribution in [0.15, 0.2) is 24.3 Å². The summed E-state index contributed by atoms with van der Waals surface area (Å²) in [6.07, 6.45) is -0.231. The number of likely N-dealkylation sites (tertiary alicyclic amines) is 2. The number of carbonyl (C=O) groups excluding carboxylic acids is 2. The highest BCUT2D eigenvalue weighted by atomic mass is 16.6. The number of fused-ring (bicyclic) bond motifs is 1. The molecule has 0 bridgehead atoms. The maximum absolute atomic E-state index is 12.5. The van der Waals surface area contributed by atoms with E-state index in [1.165, 1.54) is 0 Å². The Labute approximate surface area is 148 Å². The van der Waals surface area contributed by atoms with Crippen molar-refractivity contribution in [3.63, 3.8) is 0 Å². The molecule has 2 amide bonds. The van der Waals surface area contributed by atoms with Crippen molar-refractivity contribution in [2.24, 2.45) is 0 Å². The summed E-state index contributed by atoms with van der Waals surface area (Å²) >= 11 is 0. The molecule has 0 aliphatic carbocycles. The molecule has 0 saturated carbocycles. The van der Waals surface area contributed by atoms with E-state index in [0.29, 0.717) is 6.04 Å². The largest absolute Gasteiger partial charge is 0.444 e. The smallest absolute Gasteiger partial charge is 0.410 e. The van der Waals surface area contributed by atoms with Gasteiger partial charge in [0.25, 0.3) is 5.91 Å². The van der Waals surface area contributed by atoms with Crippen LogP contribution in [-0.2, 0) is 11.3 Å². The normalized spacial score (nSPS) is 21.8. The molecule has 4 rings (SSSR count). The van der Waals surface area contributed by atoms with E-state index < -0.39 is 5.60 Å². The molecule has 3 aliphatic heterocycles. The Morgan fingerprint density at radius 1 is 1.08 bits per heavy atom. The first kappa shape index (κ1) is 16.4. The number of nitrogens with zero attached hydrogens (tertiary/aromatic N) is 3. The molecule has 0 radical (unpaired) electrons. The Hall–Kier alpha value is -2.08. The Morgan fingerprint density at radius 2 is 1.76 bits per heavy atom. The summed E-state index contributed by atoms with van der Waals surface area (Å²) in [5.74, 6) is 0.157. The first-order valence-corrected chi connectivity index (χ1v) is 8.93. The first-order chi connectivity index (χ1) is 11.8. The highest BCUT2D eigenvalue weighted by molar-refractivity contribution is 5.98. The minimum atomic E-state index is -0.449. The molecule has 0 unspecified atom stereocenters. The van der Waals surface area contributed by atoms with E-state index in [1.807, 2.05) is 49.9 Å². The van der Waals surface area contributed by atoms with E-state index in [9.17, 15) is 9.59 Å².